The van der Waals surface area contributed by atoms with Crippen molar-refractivity contribution in [2.75, 3.05) is 11.4 Å². The molecule has 0 saturated heterocycles. The van der Waals surface area contributed by atoms with Gasteiger partial charge in [-0.1, -0.05) is 36.7 Å². The minimum Gasteiger partial charge on any atom is -0.477 e. The van der Waals surface area contributed by atoms with Crippen LogP contribution in [0.3, 0.4) is 0 Å². The first-order valence-electron chi connectivity index (χ1n) is 6.96. The van der Waals surface area contributed by atoms with Crippen molar-refractivity contribution in [2.45, 2.75) is 32.3 Å². The molecule has 21 heavy (non-hydrogen) atoms. The molecule has 1 heterocycles. The molecule has 0 radical (unpaired) electrons. The molecular weight excluding hydrogens is 272 g/mol. The van der Waals surface area contributed by atoms with E-state index in [0.29, 0.717) is 6.54 Å². The maximum atomic E-state index is 12.6. The lowest BCUT2D eigenvalue weighted by molar-refractivity contribution is -0.129. The van der Waals surface area contributed by atoms with Gasteiger partial charge in [0.2, 0.25) is 6.10 Å². The number of hydrogen-bond acceptors (Lipinski definition) is 4. The maximum Gasteiger partial charge on any atom is 0.353 e. The minimum atomic E-state index is -1.15. The Kier molecular flexibility index (Phi) is 4.92. The smallest absolute Gasteiger partial charge is 0.353 e. The second-order valence-electron chi connectivity index (χ2n) is 4.82. The van der Waals surface area contributed by atoms with Crippen LogP contribution in [0.1, 0.15) is 26.2 Å². The number of benzene rings is 1. The fourth-order valence-corrected chi connectivity index (χ4v) is 2.10. The van der Waals surface area contributed by atoms with Gasteiger partial charge in [0.25, 0.3) is 5.91 Å². The number of nitrogens with zero attached hydrogens (tertiary/aromatic N) is 2. The zero-order chi connectivity index (χ0) is 15.2. The predicted octanol–water partition coefficient (Wildman–Crippen LogP) is 2.05. The lowest BCUT2D eigenvalue weighted by atomic mass is 10.1. The van der Waals surface area contributed by atoms with Crippen LogP contribution in [0.15, 0.2) is 35.5 Å². The van der Waals surface area contributed by atoms with Crippen LogP contribution in [-0.2, 0) is 14.4 Å². The summed E-state index contributed by atoms with van der Waals surface area (Å²) in [4.78, 5) is 30.0. The van der Waals surface area contributed by atoms with Gasteiger partial charge in [0.1, 0.15) is 0 Å². The highest BCUT2D eigenvalue weighted by Crippen LogP contribution is 2.20. The van der Waals surface area contributed by atoms with Crippen LogP contribution < -0.4 is 4.90 Å². The van der Waals surface area contributed by atoms with E-state index in [1.807, 2.05) is 37.3 Å². The lowest BCUT2D eigenvalue weighted by Gasteiger charge is -2.24. The van der Waals surface area contributed by atoms with E-state index in [1.165, 1.54) is 0 Å². The van der Waals surface area contributed by atoms with Gasteiger partial charge in [0.05, 0.1) is 0 Å². The molecular formula is C15H18N2O4. The zero-order valence-corrected chi connectivity index (χ0v) is 11.9. The number of rotatable bonds is 6. The van der Waals surface area contributed by atoms with E-state index < -0.39 is 12.1 Å². The van der Waals surface area contributed by atoms with Crippen molar-refractivity contribution < 1.29 is 19.5 Å². The fraction of sp³-hybridized carbons (Fsp3) is 0.400. The van der Waals surface area contributed by atoms with Crippen LogP contribution in [-0.4, -0.2) is 35.3 Å². The number of para-hydroxylation sites is 1. The lowest BCUT2D eigenvalue weighted by Crippen LogP contribution is -2.40. The van der Waals surface area contributed by atoms with Crippen molar-refractivity contribution >= 4 is 23.3 Å². The number of aliphatic carboxylic acids is 1. The number of carboxylic acid groups (broad SMARTS) is 1. The van der Waals surface area contributed by atoms with Gasteiger partial charge in [-0.15, -0.1) is 0 Å². The predicted molar refractivity (Wildman–Crippen MR) is 78.3 cm³/mol. The van der Waals surface area contributed by atoms with Crippen molar-refractivity contribution in [3.63, 3.8) is 0 Å². The number of anilines is 1. The van der Waals surface area contributed by atoms with Crippen molar-refractivity contribution in [3.05, 3.63) is 30.3 Å². The second kappa shape index (κ2) is 6.88. The molecule has 112 valence electrons. The number of carbonyl (C=O) groups is 2. The number of carboxylic acids is 1. The highest BCUT2D eigenvalue weighted by atomic mass is 16.6. The van der Waals surface area contributed by atoms with Crippen LogP contribution in [0.25, 0.3) is 0 Å². The normalized spacial score (nSPS) is 17.0. The first-order valence-corrected chi connectivity index (χ1v) is 6.96. The summed E-state index contributed by atoms with van der Waals surface area (Å²) in [5.74, 6) is -1.40. The summed E-state index contributed by atoms with van der Waals surface area (Å²) >= 11 is 0. The van der Waals surface area contributed by atoms with Gasteiger partial charge in [-0.2, -0.15) is 0 Å². The first kappa shape index (κ1) is 15.0. The van der Waals surface area contributed by atoms with E-state index in [9.17, 15) is 9.59 Å². The molecule has 1 aromatic carbocycles. The van der Waals surface area contributed by atoms with Gasteiger partial charge in [-0.05, 0) is 18.6 Å². The van der Waals surface area contributed by atoms with E-state index in [-0.39, 0.29) is 18.0 Å². The van der Waals surface area contributed by atoms with Crippen molar-refractivity contribution in [1.82, 2.24) is 0 Å². The summed E-state index contributed by atoms with van der Waals surface area (Å²) < 4.78 is 0. The van der Waals surface area contributed by atoms with E-state index >= 15 is 0 Å². The zero-order valence-electron chi connectivity index (χ0n) is 11.9. The molecule has 0 aromatic heterocycles. The van der Waals surface area contributed by atoms with Crippen LogP contribution in [0.2, 0.25) is 0 Å². The van der Waals surface area contributed by atoms with Crippen LogP contribution in [0.4, 0.5) is 5.69 Å². The number of carbonyl (C=O) groups excluding carboxylic acids is 1. The third kappa shape index (κ3) is 3.59. The van der Waals surface area contributed by atoms with Crippen LogP contribution >= 0.6 is 0 Å². The molecule has 1 aliphatic rings. The Balaban J connectivity index is 2.11. The standard InChI is InChI=1S/C15H18N2O4/c1-2-3-9-17(11-7-5-4-6-8-11)14(18)13-10-12(15(19)20)16-21-13/h4-8,13H,2-3,9-10H2,1H3,(H,19,20). The van der Waals surface area contributed by atoms with Gasteiger partial charge < -0.3 is 14.8 Å². The molecule has 1 unspecified atom stereocenters. The van der Waals surface area contributed by atoms with E-state index in [0.717, 1.165) is 18.5 Å². The summed E-state index contributed by atoms with van der Waals surface area (Å²) in [6.45, 7) is 2.62. The summed E-state index contributed by atoms with van der Waals surface area (Å²) in [6.07, 6.45) is 0.969. The summed E-state index contributed by atoms with van der Waals surface area (Å²) in [7, 11) is 0. The largest absolute Gasteiger partial charge is 0.477 e. The van der Waals surface area contributed by atoms with Crippen molar-refractivity contribution in [2.24, 2.45) is 5.16 Å². The molecule has 0 bridgehead atoms. The quantitative estimate of drug-likeness (QED) is 0.869. The van der Waals surface area contributed by atoms with Gasteiger partial charge in [0.15, 0.2) is 5.71 Å². The van der Waals surface area contributed by atoms with Gasteiger partial charge in [-0.3, -0.25) is 4.79 Å². The second-order valence-corrected chi connectivity index (χ2v) is 4.82. The number of unbranched alkanes of at least 4 members (excludes halogenated alkanes) is 1. The van der Waals surface area contributed by atoms with Gasteiger partial charge in [-0.25, -0.2) is 4.79 Å². The average Bonchev–Trinajstić information content (AvgIpc) is 2.98. The SMILES string of the molecule is CCCCN(C(=O)C1CC(C(=O)O)=NO1)c1ccccc1. The van der Waals surface area contributed by atoms with Crippen LogP contribution in [0, 0.1) is 0 Å². The highest BCUT2D eigenvalue weighted by molar-refractivity contribution is 6.36. The van der Waals surface area contributed by atoms with Crippen molar-refractivity contribution in [3.8, 4) is 0 Å². The molecule has 1 atom stereocenters. The highest BCUT2D eigenvalue weighted by Gasteiger charge is 2.34. The Bertz CT molecular complexity index is 542. The molecule has 1 amide bonds. The Labute approximate surface area is 123 Å². The topological polar surface area (TPSA) is 79.2 Å². The van der Waals surface area contributed by atoms with Crippen LogP contribution in [0.5, 0.6) is 0 Å². The maximum absolute atomic E-state index is 12.6. The minimum absolute atomic E-state index is 0.00360. The monoisotopic (exact) mass is 290 g/mol. The molecule has 1 N–H and O–H groups in total. The van der Waals surface area contributed by atoms with E-state index in [2.05, 4.69) is 5.16 Å². The molecule has 1 aliphatic heterocycles. The molecule has 0 fully saturated rings. The molecule has 0 saturated carbocycles. The fourth-order valence-electron chi connectivity index (χ4n) is 2.10. The molecule has 1 aromatic rings. The third-order valence-electron chi connectivity index (χ3n) is 3.26. The number of oxime groups is 1. The Morgan fingerprint density at radius 1 is 1.38 bits per heavy atom. The molecule has 0 aliphatic carbocycles. The van der Waals surface area contributed by atoms with Gasteiger partial charge in [0, 0.05) is 18.7 Å². The molecule has 6 heteroatoms. The molecule has 2 rings (SSSR count). The summed E-state index contributed by atoms with van der Waals surface area (Å²) in [5.41, 5.74) is 0.667. The van der Waals surface area contributed by atoms with Gasteiger partial charge >= 0.3 is 5.97 Å². The van der Waals surface area contributed by atoms with Crippen molar-refractivity contribution in [1.29, 1.82) is 0 Å². The Morgan fingerprint density at radius 2 is 2.10 bits per heavy atom. The molecule has 6 nitrogen and oxygen atoms in total. The summed E-state index contributed by atoms with van der Waals surface area (Å²) in [6, 6.07) is 9.29. The summed E-state index contributed by atoms with van der Waals surface area (Å²) in [5, 5.41) is 12.3. The molecule has 0 spiro atoms. The first-order chi connectivity index (χ1) is 10.1. The Morgan fingerprint density at radius 3 is 2.67 bits per heavy atom. The third-order valence-corrected chi connectivity index (χ3v) is 3.26. The van der Waals surface area contributed by atoms with E-state index in [1.54, 1.807) is 4.90 Å². The number of hydrogen-bond donors (Lipinski definition) is 1. The average molecular weight is 290 g/mol. The number of amides is 1. The Hall–Kier alpha value is -2.37. The van der Waals surface area contributed by atoms with E-state index in [4.69, 9.17) is 9.94 Å².